The molecular weight excluding hydrogens is 362 g/mol. The Morgan fingerprint density at radius 2 is 2.15 bits per heavy atom. The summed E-state index contributed by atoms with van der Waals surface area (Å²) in [6.45, 7) is 4.18. The molecule has 1 aromatic carbocycles. The third kappa shape index (κ3) is 3.00. The molecule has 2 aliphatic rings. The molecule has 0 bridgehead atoms. The van der Waals surface area contributed by atoms with Gasteiger partial charge in [0, 0.05) is 19.5 Å². The predicted molar refractivity (Wildman–Crippen MR) is 95.9 cm³/mol. The monoisotopic (exact) mass is 382 g/mol. The van der Waals surface area contributed by atoms with Crippen LogP contribution in [0, 0.1) is 23.7 Å². The largest absolute Gasteiger partial charge is 0.487 e. The van der Waals surface area contributed by atoms with Crippen molar-refractivity contribution >= 4 is 22.7 Å². The number of benzene rings is 1. The molecule has 7 heteroatoms. The van der Waals surface area contributed by atoms with Crippen LogP contribution < -0.4 is 4.74 Å². The molecule has 1 N–H and O–H groups in total. The number of hydrogen-bond donors (Lipinski definition) is 1. The lowest BCUT2D eigenvalue weighted by Crippen LogP contribution is -2.44. The van der Waals surface area contributed by atoms with Crippen molar-refractivity contribution in [3.05, 3.63) is 41.5 Å². The highest BCUT2D eigenvalue weighted by molar-refractivity contribution is 6.66. The number of ether oxygens (including phenoxy) is 1. The first-order valence-electron chi connectivity index (χ1n) is 8.41. The van der Waals surface area contributed by atoms with Gasteiger partial charge in [0.2, 0.25) is 5.91 Å². The number of rotatable bonds is 6. The van der Waals surface area contributed by atoms with Crippen molar-refractivity contribution in [2.75, 3.05) is 6.61 Å². The van der Waals surface area contributed by atoms with Crippen molar-refractivity contribution in [1.29, 1.82) is 5.41 Å². The van der Waals surface area contributed by atoms with E-state index in [4.69, 9.17) is 21.7 Å². The Bertz CT molecular complexity index is 790. The van der Waals surface area contributed by atoms with Gasteiger partial charge < -0.3 is 9.64 Å². The van der Waals surface area contributed by atoms with Crippen LogP contribution in [0.5, 0.6) is 5.75 Å². The Labute approximate surface area is 156 Å². The molecule has 1 aromatic rings. The second kappa shape index (κ2) is 6.34. The van der Waals surface area contributed by atoms with Gasteiger partial charge >= 0.3 is 0 Å². The molecule has 4 nitrogen and oxygen atoms in total. The molecule has 1 fully saturated rings. The van der Waals surface area contributed by atoms with Crippen LogP contribution in [-0.2, 0) is 11.3 Å². The summed E-state index contributed by atoms with van der Waals surface area (Å²) in [6, 6.07) is 5.02. The van der Waals surface area contributed by atoms with Crippen molar-refractivity contribution in [3.8, 4) is 5.75 Å². The Morgan fingerprint density at radius 3 is 2.62 bits per heavy atom. The summed E-state index contributed by atoms with van der Waals surface area (Å²) >= 11 is 5.99. The minimum atomic E-state index is -2.89. The molecule has 2 unspecified atom stereocenters. The van der Waals surface area contributed by atoms with Gasteiger partial charge in [-0.05, 0) is 31.0 Å². The number of carbonyl (C=O) groups excluding carboxylic acids is 1. The van der Waals surface area contributed by atoms with Gasteiger partial charge in [0.15, 0.2) is 6.61 Å². The molecule has 0 saturated carbocycles. The van der Waals surface area contributed by atoms with E-state index < -0.39 is 17.9 Å². The molecule has 140 valence electrons. The first-order chi connectivity index (χ1) is 12.1. The third-order valence-corrected chi connectivity index (χ3v) is 5.57. The number of nitrogens with zero attached hydrogens (tertiary/aromatic N) is 1. The quantitative estimate of drug-likeness (QED) is 0.593. The van der Waals surface area contributed by atoms with E-state index in [0.717, 1.165) is 18.1 Å². The normalized spacial score (nSPS) is 27.3. The molecule has 3 atom stereocenters. The van der Waals surface area contributed by atoms with Crippen molar-refractivity contribution in [1.82, 2.24) is 4.90 Å². The smallest absolute Gasteiger partial charge is 0.278 e. The van der Waals surface area contributed by atoms with Crippen LogP contribution in [0.3, 0.4) is 0 Å². The Kier molecular flexibility index (Phi) is 4.59. The van der Waals surface area contributed by atoms with Crippen LogP contribution in [0.4, 0.5) is 8.78 Å². The average Bonchev–Trinajstić information content (AvgIpc) is 2.62. The second-order valence-corrected chi connectivity index (χ2v) is 7.56. The highest BCUT2D eigenvalue weighted by Gasteiger charge is 2.61. The highest BCUT2D eigenvalue weighted by Crippen LogP contribution is 2.52. The summed E-state index contributed by atoms with van der Waals surface area (Å²) in [5.41, 5.74) is 0.881. The van der Waals surface area contributed by atoms with Gasteiger partial charge in [-0.25, -0.2) is 8.78 Å². The van der Waals surface area contributed by atoms with Crippen molar-refractivity contribution in [2.45, 2.75) is 39.3 Å². The maximum Gasteiger partial charge on any atom is 0.278 e. The fourth-order valence-corrected chi connectivity index (χ4v) is 4.03. The molecule has 1 aliphatic carbocycles. The number of alkyl halides is 2. The standard InChI is InChI=1S/C19H21ClF2N2O2/c1-11-8-13(4-5-15(11)26-10-18(3,21)22)9-24-12(2)19(17(20)23)7-6-14(19)16(24)25/h4-8,12,14,23H,9-10H2,1-3H3/t12?,14?,19-/m0/s1. The highest BCUT2D eigenvalue weighted by atomic mass is 35.5. The van der Waals surface area contributed by atoms with E-state index in [2.05, 4.69) is 0 Å². The Morgan fingerprint density at radius 1 is 1.46 bits per heavy atom. The summed E-state index contributed by atoms with van der Waals surface area (Å²) in [7, 11) is 0. The van der Waals surface area contributed by atoms with E-state index in [9.17, 15) is 13.6 Å². The van der Waals surface area contributed by atoms with E-state index >= 15 is 0 Å². The van der Waals surface area contributed by atoms with Crippen LogP contribution in [0.25, 0.3) is 0 Å². The molecule has 1 amide bonds. The fraction of sp³-hybridized carbons (Fsp3) is 0.474. The number of halogens is 3. The first kappa shape index (κ1) is 18.8. The lowest BCUT2D eigenvalue weighted by Gasteiger charge is -2.38. The molecule has 3 rings (SSSR count). The first-order valence-corrected chi connectivity index (χ1v) is 8.78. The number of aryl methyl sites for hydroxylation is 1. The van der Waals surface area contributed by atoms with Crippen LogP contribution >= 0.6 is 11.6 Å². The molecule has 1 aliphatic heterocycles. The molecule has 26 heavy (non-hydrogen) atoms. The van der Waals surface area contributed by atoms with E-state index in [0.29, 0.717) is 12.3 Å². The van der Waals surface area contributed by atoms with Gasteiger partial charge in [0.25, 0.3) is 5.92 Å². The zero-order chi connectivity index (χ0) is 19.3. The minimum Gasteiger partial charge on any atom is -0.487 e. The average molecular weight is 383 g/mol. The van der Waals surface area contributed by atoms with Gasteiger partial charge in [-0.1, -0.05) is 35.9 Å². The number of hydrogen-bond acceptors (Lipinski definition) is 3. The summed E-state index contributed by atoms with van der Waals surface area (Å²) in [5, 5.41) is 7.86. The third-order valence-electron chi connectivity index (χ3n) is 5.24. The molecule has 1 heterocycles. The molecule has 1 saturated heterocycles. The van der Waals surface area contributed by atoms with E-state index in [1.54, 1.807) is 30.0 Å². The van der Waals surface area contributed by atoms with Gasteiger partial charge in [0.05, 0.1) is 11.3 Å². The van der Waals surface area contributed by atoms with Crippen molar-refractivity contribution in [3.63, 3.8) is 0 Å². The van der Waals surface area contributed by atoms with E-state index in [1.807, 2.05) is 19.1 Å². The maximum atomic E-state index is 13.0. The minimum absolute atomic E-state index is 0.0197. The van der Waals surface area contributed by atoms with Gasteiger partial charge in [0.1, 0.15) is 10.9 Å². The fourth-order valence-electron chi connectivity index (χ4n) is 3.69. The lowest BCUT2D eigenvalue weighted by atomic mass is 9.66. The molecule has 0 spiro atoms. The van der Waals surface area contributed by atoms with Crippen LogP contribution in [0.15, 0.2) is 30.4 Å². The summed E-state index contributed by atoms with van der Waals surface area (Å²) in [4.78, 5) is 14.4. The number of fused-ring (bicyclic) bond motifs is 1. The second-order valence-electron chi connectivity index (χ2n) is 7.18. The Balaban J connectivity index is 1.75. The van der Waals surface area contributed by atoms with Crippen LogP contribution in [0.2, 0.25) is 0 Å². The Hall–Kier alpha value is -1.95. The maximum absolute atomic E-state index is 13.0. The van der Waals surface area contributed by atoms with E-state index in [1.165, 1.54) is 0 Å². The van der Waals surface area contributed by atoms with Gasteiger partial charge in [-0.15, -0.1) is 0 Å². The summed E-state index contributed by atoms with van der Waals surface area (Å²) in [6.07, 6.45) is 3.63. The van der Waals surface area contributed by atoms with Gasteiger partial charge in [-0.2, -0.15) is 0 Å². The summed E-state index contributed by atoms with van der Waals surface area (Å²) < 4.78 is 31.1. The van der Waals surface area contributed by atoms with Gasteiger partial charge in [-0.3, -0.25) is 10.2 Å². The number of carbonyl (C=O) groups is 1. The van der Waals surface area contributed by atoms with E-state index in [-0.39, 0.29) is 23.0 Å². The summed E-state index contributed by atoms with van der Waals surface area (Å²) in [5.74, 6) is -2.92. The number of likely N-dealkylation sites (tertiary alicyclic amines) is 1. The zero-order valence-electron chi connectivity index (χ0n) is 14.9. The van der Waals surface area contributed by atoms with Crippen molar-refractivity contribution in [2.24, 2.45) is 11.3 Å². The molecule has 0 aromatic heterocycles. The van der Waals surface area contributed by atoms with Crippen LogP contribution in [-0.4, -0.2) is 34.5 Å². The topological polar surface area (TPSA) is 53.4 Å². The number of amides is 1. The lowest BCUT2D eigenvalue weighted by molar-refractivity contribution is -0.131. The SMILES string of the molecule is Cc1cc(CN2C(=O)C3C=C[C@]3(C(=N)Cl)C2C)ccc1OCC(C)(F)F. The molecule has 0 radical (unpaired) electrons. The zero-order valence-corrected chi connectivity index (χ0v) is 15.6. The van der Waals surface area contributed by atoms with Crippen molar-refractivity contribution < 1.29 is 18.3 Å². The molecular formula is C19H21ClF2N2O2. The number of nitrogens with one attached hydrogen (secondary N) is 1. The van der Waals surface area contributed by atoms with Crippen LogP contribution in [0.1, 0.15) is 25.0 Å². The predicted octanol–water partition coefficient (Wildman–Crippen LogP) is 4.15.